The highest BCUT2D eigenvalue weighted by Crippen LogP contribution is 2.31. The molecule has 0 amide bonds. The van der Waals surface area contributed by atoms with Crippen molar-refractivity contribution in [1.82, 2.24) is 4.72 Å². The molecule has 0 saturated carbocycles. The topological polar surface area (TPSA) is 46.2 Å². The molecule has 1 aromatic carbocycles. The number of sulfonamides is 1. The lowest BCUT2D eigenvalue weighted by Gasteiger charge is -2.05. The molecule has 114 valence electrons. The van der Waals surface area contributed by atoms with Crippen LogP contribution in [0.25, 0.3) is 9.75 Å². The summed E-state index contributed by atoms with van der Waals surface area (Å²) in [7, 11) is -3.41. The summed E-state index contributed by atoms with van der Waals surface area (Å²) in [4.78, 5) is 3.97. The van der Waals surface area contributed by atoms with Crippen molar-refractivity contribution in [2.75, 3.05) is 6.54 Å². The maximum Gasteiger partial charge on any atom is 0.240 e. The first-order valence-corrected chi connectivity index (χ1v) is 10.0. The molecule has 0 atom stereocenters. The third-order valence-electron chi connectivity index (χ3n) is 3.14. The fraction of sp³-hybridized carbons (Fsp3) is 0.125. The van der Waals surface area contributed by atoms with Gasteiger partial charge in [0.05, 0.1) is 4.90 Å². The Hall–Kier alpha value is -1.47. The van der Waals surface area contributed by atoms with Crippen LogP contribution in [-0.2, 0) is 16.4 Å². The van der Waals surface area contributed by atoms with E-state index in [1.807, 2.05) is 6.07 Å². The molecule has 3 rings (SSSR count). The second-order valence-electron chi connectivity index (χ2n) is 4.70. The second-order valence-corrected chi connectivity index (χ2v) is 8.59. The zero-order valence-electron chi connectivity index (χ0n) is 11.7. The largest absolute Gasteiger partial charge is 0.240 e. The van der Waals surface area contributed by atoms with Crippen molar-refractivity contribution in [3.8, 4) is 9.75 Å². The maximum atomic E-state index is 12.1. The van der Waals surface area contributed by atoms with E-state index in [1.165, 1.54) is 14.6 Å². The maximum absolute atomic E-state index is 12.1. The van der Waals surface area contributed by atoms with E-state index in [-0.39, 0.29) is 0 Å². The molecule has 0 fully saturated rings. The van der Waals surface area contributed by atoms with Gasteiger partial charge in [-0.05, 0) is 42.1 Å². The first-order chi connectivity index (χ1) is 10.6. The Morgan fingerprint density at radius 1 is 0.909 bits per heavy atom. The zero-order chi connectivity index (χ0) is 15.4. The highest BCUT2D eigenvalue weighted by molar-refractivity contribution is 7.89. The van der Waals surface area contributed by atoms with Crippen LogP contribution in [0.15, 0.2) is 64.9 Å². The summed E-state index contributed by atoms with van der Waals surface area (Å²) in [5.41, 5.74) is 0. The molecule has 2 aromatic heterocycles. The molecule has 22 heavy (non-hydrogen) atoms. The molecule has 6 heteroatoms. The number of nitrogens with one attached hydrogen (secondary N) is 1. The van der Waals surface area contributed by atoms with Crippen LogP contribution in [0.2, 0.25) is 0 Å². The van der Waals surface area contributed by atoms with Crippen molar-refractivity contribution in [2.45, 2.75) is 11.3 Å². The summed E-state index contributed by atoms with van der Waals surface area (Å²) >= 11 is 3.43. The van der Waals surface area contributed by atoms with E-state index in [2.05, 4.69) is 28.3 Å². The van der Waals surface area contributed by atoms with Gasteiger partial charge in [-0.25, -0.2) is 13.1 Å². The van der Waals surface area contributed by atoms with Gasteiger partial charge in [0.25, 0.3) is 0 Å². The number of hydrogen-bond donors (Lipinski definition) is 1. The average molecular weight is 350 g/mol. The minimum Gasteiger partial charge on any atom is -0.211 e. The van der Waals surface area contributed by atoms with Gasteiger partial charge >= 0.3 is 0 Å². The minimum absolute atomic E-state index is 0.306. The summed E-state index contributed by atoms with van der Waals surface area (Å²) in [6.07, 6.45) is 0.697. The summed E-state index contributed by atoms with van der Waals surface area (Å²) in [5.74, 6) is 0. The molecule has 3 aromatic rings. The van der Waals surface area contributed by atoms with Crippen LogP contribution in [-0.4, -0.2) is 15.0 Å². The molecule has 0 aliphatic heterocycles. The standard InChI is InChI=1S/C16H15NO2S3/c18-22(19,14-5-2-1-3-6-14)17-11-10-13-8-9-16(21-13)15-7-4-12-20-15/h1-9,12,17H,10-11H2. The van der Waals surface area contributed by atoms with Crippen LogP contribution in [0.1, 0.15) is 4.88 Å². The number of hydrogen-bond acceptors (Lipinski definition) is 4. The lowest BCUT2D eigenvalue weighted by Crippen LogP contribution is -2.25. The molecular weight excluding hydrogens is 334 g/mol. The SMILES string of the molecule is O=S(=O)(NCCc1ccc(-c2cccs2)s1)c1ccccc1. The van der Waals surface area contributed by atoms with Gasteiger partial charge in [-0.3, -0.25) is 0 Å². The van der Waals surface area contributed by atoms with Gasteiger partial charge in [0.15, 0.2) is 0 Å². The molecule has 0 radical (unpaired) electrons. The van der Waals surface area contributed by atoms with E-state index in [4.69, 9.17) is 0 Å². The van der Waals surface area contributed by atoms with Crippen LogP contribution in [0.4, 0.5) is 0 Å². The van der Waals surface area contributed by atoms with E-state index in [0.29, 0.717) is 17.9 Å². The fourth-order valence-electron chi connectivity index (χ4n) is 2.06. The molecule has 1 N–H and O–H groups in total. The minimum atomic E-state index is -3.41. The Labute approximate surface area is 138 Å². The average Bonchev–Trinajstić information content (AvgIpc) is 3.19. The molecule has 3 nitrogen and oxygen atoms in total. The van der Waals surface area contributed by atoms with E-state index in [0.717, 1.165) is 0 Å². The van der Waals surface area contributed by atoms with Crippen LogP contribution in [0, 0.1) is 0 Å². The molecule has 0 aliphatic carbocycles. The van der Waals surface area contributed by atoms with E-state index in [1.54, 1.807) is 53.0 Å². The lowest BCUT2D eigenvalue weighted by atomic mass is 10.3. The Morgan fingerprint density at radius 3 is 2.45 bits per heavy atom. The normalized spacial score (nSPS) is 11.6. The Kier molecular flexibility index (Phi) is 4.73. The zero-order valence-corrected chi connectivity index (χ0v) is 14.2. The monoisotopic (exact) mass is 349 g/mol. The molecule has 0 bridgehead atoms. The Bertz CT molecular complexity index is 821. The van der Waals surface area contributed by atoms with Gasteiger partial charge in [0, 0.05) is 21.2 Å². The Balaban J connectivity index is 1.60. The summed E-state index contributed by atoms with van der Waals surface area (Å²) < 4.78 is 26.9. The van der Waals surface area contributed by atoms with Crippen molar-refractivity contribution in [3.05, 3.63) is 64.9 Å². The predicted molar refractivity (Wildman–Crippen MR) is 93.0 cm³/mol. The smallest absolute Gasteiger partial charge is 0.211 e. The van der Waals surface area contributed by atoms with Gasteiger partial charge < -0.3 is 0 Å². The third-order valence-corrected chi connectivity index (χ3v) is 6.83. The number of thiophene rings is 2. The first-order valence-electron chi connectivity index (χ1n) is 6.82. The van der Waals surface area contributed by atoms with Crippen LogP contribution in [0.5, 0.6) is 0 Å². The van der Waals surface area contributed by atoms with Crippen molar-refractivity contribution in [2.24, 2.45) is 0 Å². The third kappa shape index (κ3) is 3.64. The summed E-state index contributed by atoms with van der Waals surface area (Å²) in [6, 6.07) is 16.7. The van der Waals surface area contributed by atoms with E-state index in [9.17, 15) is 8.42 Å². The van der Waals surface area contributed by atoms with Gasteiger partial charge in [0.2, 0.25) is 10.0 Å². The molecule has 0 aliphatic rings. The quantitative estimate of drug-likeness (QED) is 0.731. The lowest BCUT2D eigenvalue weighted by molar-refractivity contribution is 0.582. The first kappa shape index (κ1) is 15.4. The van der Waals surface area contributed by atoms with E-state index >= 15 is 0 Å². The molecule has 0 spiro atoms. The van der Waals surface area contributed by atoms with Gasteiger partial charge in [-0.1, -0.05) is 24.3 Å². The summed E-state index contributed by atoms with van der Waals surface area (Å²) in [5, 5.41) is 2.06. The van der Waals surface area contributed by atoms with Crippen LogP contribution in [0.3, 0.4) is 0 Å². The van der Waals surface area contributed by atoms with Gasteiger partial charge in [-0.15, -0.1) is 22.7 Å². The second kappa shape index (κ2) is 6.75. The number of rotatable bonds is 6. The van der Waals surface area contributed by atoms with Crippen LogP contribution < -0.4 is 4.72 Å². The van der Waals surface area contributed by atoms with Gasteiger partial charge in [0.1, 0.15) is 0 Å². The van der Waals surface area contributed by atoms with Crippen molar-refractivity contribution < 1.29 is 8.42 Å². The fourth-order valence-corrected chi connectivity index (χ4v) is 4.95. The molecule has 0 unspecified atom stereocenters. The highest BCUT2D eigenvalue weighted by Gasteiger charge is 2.12. The van der Waals surface area contributed by atoms with E-state index < -0.39 is 10.0 Å². The molecule has 0 saturated heterocycles. The van der Waals surface area contributed by atoms with Gasteiger partial charge in [-0.2, -0.15) is 0 Å². The van der Waals surface area contributed by atoms with Crippen LogP contribution >= 0.6 is 22.7 Å². The predicted octanol–water partition coefficient (Wildman–Crippen LogP) is 4.00. The van der Waals surface area contributed by atoms with Crippen molar-refractivity contribution in [3.63, 3.8) is 0 Å². The molecular formula is C16H15NO2S3. The van der Waals surface area contributed by atoms with Crippen molar-refractivity contribution in [1.29, 1.82) is 0 Å². The number of benzene rings is 1. The summed E-state index contributed by atoms with van der Waals surface area (Å²) in [6.45, 7) is 0.404. The molecule has 2 heterocycles. The Morgan fingerprint density at radius 2 is 1.73 bits per heavy atom. The van der Waals surface area contributed by atoms with Crippen molar-refractivity contribution >= 4 is 32.7 Å². The highest BCUT2D eigenvalue weighted by atomic mass is 32.2.